The lowest BCUT2D eigenvalue weighted by molar-refractivity contribution is -0.137. The zero-order valence-electron chi connectivity index (χ0n) is 9.24. The minimum atomic E-state index is -0.825. The number of rotatable bonds is 3. The van der Waals surface area contributed by atoms with Gasteiger partial charge in [-0.25, -0.2) is 4.79 Å². The Morgan fingerprint density at radius 2 is 2.07 bits per heavy atom. The Balaban J connectivity index is 2.22. The zero-order chi connectivity index (χ0) is 11.6. The van der Waals surface area contributed by atoms with Crippen molar-refractivity contribution in [3.8, 4) is 0 Å². The Hall–Kier alpha value is -1.26. The second-order valence-corrected chi connectivity index (χ2v) is 4.85. The molecule has 0 radical (unpaired) electrons. The van der Waals surface area contributed by atoms with Crippen molar-refractivity contribution in [3.63, 3.8) is 0 Å². The van der Waals surface area contributed by atoms with Crippen molar-refractivity contribution in [2.45, 2.75) is 45.3 Å². The summed E-state index contributed by atoms with van der Waals surface area (Å²) in [5.74, 6) is -0.761. The van der Waals surface area contributed by atoms with Crippen molar-refractivity contribution >= 4 is 12.1 Å². The molecule has 0 heterocycles. The predicted molar refractivity (Wildman–Crippen MR) is 53.5 cm³/mol. The minimum Gasteiger partial charge on any atom is -0.481 e. The van der Waals surface area contributed by atoms with Gasteiger partial charge < -0.3 is 15.2 Å². The van der Waals surface area contributed by atoms with Crippen LogP contribution in [-0.2, 0) is 9.53 Å². The van der Waals surface area contributed by atoms with E-state index >= 15 is 0 Å². The monoisotopic (exact) mass is 215 g/mol. The van der Waals surface area contributed by atoms with Crippen molar-refractivity contribution in [2.24, 2.45) is 5.92 Å². The summed E-state index contributed by atoms with van der Waals surface area (Å²) in [4.78, 5) is 21.6. The molecule has 1 rings (SSSR count). The first-order valence-corrected chi connectivity index (χ1v) is 4.99. The summed E-state index contributed by atoms with van der Waals surface area (Å²) in [6.45, 7) is 5.36. The van der Waals surface area contributed by atoms with Gasteiger partial charge in [-0.3, -0.25) is 4.79 Å². The number of carbonyl (C=O) groups is 2. The average molecular weight is 215 g/mol. The molecule has 0 aromatic heterocycles. The standard InChI is InChI=1S/C10H17NO4/c1-10(2,3)15-9(14)11-7-4-6(7)5-8(12)13/h6-7H,4-5H2,1-3H3,(H,11,14)(H,12,13). The van der Waals surface area contributed by atoms with Gasteiger partial charge in [0.25, 0.3) is 0 Å². The van der Waals surface area contributed by atoms with E-state index in [1.54, 1.807) is 20.8 Å². The lowest BCUT2D eigenvalue weighted by Crippen LogP contribution is -2.34. The smallest absolute Gasteiger partial charge is 0.407 e. The number of amides is 1. The third kappa shape index (κ3) is 4.67. The van der Waals surface area contributed by atoms with Crippen LogP contribution in [0, 0.1) is 5.92 Å². The number of hydrogen-bond acceptors (Lipinski definition) is 3. The molecule has 1 saturated carbocycles. The predicted octanol–water partition coefficient (Wildman–Crippen LogP) is 1.37. The highest BCUT2D eigenvalue weighted by Gasteiger charge is 2.40. The molecule has 1 amide bonds. The van der Waals surface area contributed by atoms with E-state index in [4.69, 9.17) is 9.84 Å². The largest absolute Gasteiger partial charge is 0.481 e. The lowest BCUT2D eigenvalue weighted by Gasteiger charge is -2.19. The summed E-state index contributed by atoms with van der Waals surface area (Å²) >= 11 is 0. The van der Waals surface area contributed by atoms with Crippen LogP contribution in [0.2, 0.25) is 0 Å². The molecular weight excluding hydrogens is 198 g/mol. The number of carbonyl (C=O) groups excluding carboxylic acids is 1. The van der Waals surface area contributed by atoms with Gasteiger partial charge in [0, 0.05) is 6.04 Å². The van der Waals surface area contributed by atoms with E-state index in [1.807, 2.05) is 0 Å². The Morgan fingerprint density at radius 1 is 1.47 bits per heavy atom. The number of nitrogens with one attached hydrogen (secondary N) is 1. The Morgan fingerprint density at radius 3 is 2.53 bits per heavy atom. The highest BCUT2D eigenvalue weighted by Crippen LogP contribution is 2.33. The van der Waals surface area contributed by atoms with E-state index in [0.717, 1.165) is 6.42 Å². The molecule has 1 aliphatic rings. The lowest BCUT2D eigenvalue weighted by atomic mass is 10.2. The van der Waals surface area contributed by atoms with Gasteiger partial charge in [-0.1, -0.05) is 0 Å². The molecule has 0 aliphatic heterocycles. The molecule has 0 aromatic rings. The van der Waals surface area contributed by atoms with E-state index in [2.05, 4.69) is 5.32 Å². The van der Waals surface area contributed by atoms with Crippen LogP contribution in [0.3, 0.4) is 0 Å². The molecule has 2 unspecified atom stereocenters. The van der Waals surface area contributed by atoms with Crippen LogP contribution in [0.15, 0.2) is 0 Å². The number of ether oxygens (including phenoxy) is 1. The van der Waals surface area contributed by atoms with Crippen molar-refractivity contribution in [1.29, 1.82) is 0 Å². The molecule has 5 nitrogen and oxygen atoms in total. The van der Waals surface area contributed by atoms with Gasteiger partial charge in [0.15, 0.2) is 0 Å². The van der Waals surface area contributed by atoms with Crippen LogP contribution in [0.5, 0.6) is 0 Å². The van der Waals surface area contributed by atoms with Crippen LogP contribution >= 0.6 is 0 Å². The van der Waals surface area contributed by atoms with E-state index in [9.17, 15) is 9.59 Å². The van der Waals surface area contributed by atoms with Gasteiger partial charge in [-0.05, 0) is 33.1 Å². The van der Waals surface area contributed by atoms with Gasteiger partial charge >= 0.3 is 12.1 Å². The fourth-order valence-electron chi connectivity index (χ4n) is 1.33. The molecule has 0 aromatic carbocycles. The average Bonchev–Trinajstić information content (AvgIpc) is 2.60. The van der Waals surface area contributed by atoms with E-state index in [0.29, 0.717) is 0 Å². The van der Waals surface area contributed by atoms with Gasteiger partial charge in [0.2, 0.25) is 0 Å². The van der Waals surface area contributed by atoms with Gasteiger partial charge in [0.05, 0.1) is 6.42 Å². The number of carboxylic acids is 1. The summed E-state index contributed by atoms with van der Waals surface area (Å²) in [6.07, 6.45) is 0.367. The van der Waals surface area contributed by atoms with E-state index in [1.165, 1.54) is 0 Å². The van der Waals surface area contributed by atoms with Crippen molar-refractivity contribution in [1.82, 2.24) is 5.32 Å². The molecule has 2 atom stereocenters. The van der Waals surface area contributed by atoms with Crippen molar-refractivity contribution < 1.29 is 19.4 Å². The summed E-state index contributed by atoms with van der Waals surface area (Å²) < 4.78 is 5.04. The molecular formula is C10H17NO4. The maximum Gasteiger partial charge on any atom is 0.407 e. The molecule has 86 valence electrons. The van der Waals surface area contributed by atoms with Crippen LogP contribution in [-0.4, -0.2) is 28.8 Å². The first kappa shape index (κ1) is 11.8. The SMILES string of the molecule is CC(C)(C)OC(=O)NC1CC1CC(=O)O. The second kappa shape index (κ2) is 4.08. The first-order valence-electron chi connectivity index (χ1n) is 4.99. The van der Waals surface area contributed by atoms with Crippen molar-refractivity contribution in [3.05, 3.63) is 0 Å². The van der Waals surface area contributed by atoms with Gasteiger partial charge in [-0.15, -0.1) is 0 Å². The number of carboxylic acid groups (broad SMARTS) is 1. The number of hydrogen-bond donors (Lipinski definition) is 2. The quantitative estimate of drug-likeness (QED) is 0.745. The molecule has 0 saturated heterocycles. The summed E-state index contributed by atoms with van der Waals surface area (Å²) in [5, 5.41) is 11.2. The van der Waals surface area contributed by atoms with E-state index in [-0.39, 0.29) is 18.4 Å². The van der Waals surface area contributed by atoms with Gasteiger partial charge in [0.1, 0.15) is 5.60 Å². The normalized spacial score (nSPS) is 24.5. The maximum atomic E-state index is 11.3. The highest BCUT2D eigenvalue weighted by atomic mass is 16.6. The fraction of sp³-hybridized carbons (Fsp3) is 0.800. The maximum absolute atomic E-state index is 11.3. The fourth-order valence-corrected chi connectivity index (χ4v) is 1.33. The molecule has 0 spiro atoms. The number of alkyl carbamates (subject to hydrolysis) is 1. The first-order chi connectivity index (χ1) is 6.78. The second-order valence-electron chi connectivity index (χ2n) is 4.85. The molecule has 5 heteroatoms. The summed E-state index contributed by atoms with van der Waals surface area (Å²) in [5.41, 5.74) is -0.513. The van der Waals surface area contributed by atoms with E-state index < -0.39 is 17.7 Å². The van der Waals surface area contributed by atoms with Crippen molar-refractivity contribution in [2.75, 3.05) is 0 Å². The molecule has 1 fully saturated rings. The molecule has 1 aliphatic carbocycles. The topological polar surface area (TPSA) is 75.6 Å². The molecule has 2 N–H and O–H groups in total. The molecule has 0 bridgehead atoms. The third-order valence-electron chi connectivity index (χ3n) is 2.06. The number of aliphatic carboxylic acids is 1. The summed E-state index contributed by atoms with van der Waals surface area (Å²) in [6, 6.07) is -0.0315. The minimum absolute atomic E-state index is 0.0315. The Kier molecular flexibility index (Phi) is 3.21. The van der Waals surface area contributed by atoms with Gasteiger partial charge in [-0.2, -0.15) is 0 Å². The van der Waals surface area contributed by atoms with Crippen LogP contribution in [0.4, 0.5) is 4.79 Å². The zero-order valence-corrected chi connectivity index (χ0v) is 9.24. The summed E-state index contributed by atoms with van der Waals surface area (Å²) in [7, 11) is 0. The van der Waals surface area contributed by atoms with Crippen LogP contribution in [0.1, 0.15) is 33.6 Å². The highest BCUT2D eigenvalue weighted by molar-refractivity contribution is 5.70. The van der Waals surface area contributed by atoms with Crippen LogP contribution < -0.4 is 5.32 Å². The Labute approximate surface area is 88.8 Å². The Bertz CT molecular complexity index is 269. The third-order valence-corrected chi connectivity index (χ3v) is 2.06. The molecule has 15 heavy (non-hydrogen) atoms. The van der Waals surface area contributed by atoms with Crippen LogP contribution in [0.25, 0.3) is 0 Å².